The summed E-state index contributed by atoms with van der Waals surface area (Å²) in [6, 6.07) is 15.8. The van der Waals surface area contributed by atoms with Crippen molar-refractivity contribution in [2.24, 2.45) is 0 Å². The number of aromatic amines is 1. The van der Waals surface area contributed by atoms with Gasteiger partial charge in [0.2, 0.25) is 0 Å². The first-order valence-electron chi connectivity index (χ1n) is 9.99. The number of aromatic nitrogens is 2. The number of H-pyrrole nitrogens is 1. The van der Waals surface area contributed by atoms with Gasteiger partial charge >= 0.3 is 0 Å². The van der Waals surface area contributed by atoms with Crippen LogP contribution in [0.1, 0.15) is 6.42 Å². The van der Waals surface area contributed by atoms with E-state index in [2.05, 4.69) is 26.9 Å². The summed E-state index contributed by atoms with van der Waals surface area (Å²) in [4.78, 5) is 20.8. The van der Waals surface area contributed by atoms with Crippen molar-refractivity contribution in [2.45, 2.75) is 13.0 Å². The number of fused-ring (bicyclic) bond motifs is 1. The van der Waals surface area contributed by atoms with Gasteiger partial charge in [0, 0.05) is 38.4 Å². The Bertz CT molecular complexity index is 1080. The summed E-state index contributed by atoms with van der Waals surface area (Å²) in [5.74, 6) is 0.884. The minimum atomic E-state index is -0.00586. The van der Waals surface area contributed by atoms with Gasteiger partial charge in [0.1, 0.15) is 5.75 Å². The molecule has 0 aliphatic carbocycles. The fourth-order valence-corrected chi connectivity index (χ4v) is 4.16. The van der Waals surface area contributed by atoms with E-state index in [1.165, 1.54) is 5.69 Å². The number of para-hydroxylation sites is 1. The van der Waals surface area contributed by atoms with E-state index < -0.39 is 0 Å². The Hall–Kier alpha value is -2.64. The number of ether oxygens (including phenoxy) is 1. The Morgan fingerprint density at radius 3 is 2.45 bits per heavy atom. The number of methoxy groups -OCH3 is 1. The van der Waals surface area contributed by atoms with Crippen molar-refractivity contribution >= 4 is 28.8 Å². The maximum atomic E-state index is 12.7. The molecule has 0 bridgehead atoms. The lowest BCUT2D eigenvalue weighted by Crippen LogP contribution is -2.46. The quantitative estimate of drug-likeness (QED) is 0.632. The van der Waals surface area contributed by atoms with E-state index in [9.17, 15) is 4.79 Å². The van der Waals surface area contributed by atoms with Crippen molar-refractivity contribution in [3.05, 3.63) is 63.7 Å². The molecule has 7 heteroatoms. The third-order valence-electron chi connectivity index (χ3n) is 5.56. The second kappa shape index (κ2) is 8.80. The number of benzene rings is 2. The number of nitrogens with zero attached hydrogens (tertiary/aromatic N) is 3. The standard InChI is InChI=1S/C22H26N4O2S/c1-28-18-9-7-17(8-10-18)25-15-13-24(14-16-25)11-4-12-26-21(27)19-5-2-3-6-20(19)23-22(26)29/h2-3,5-10H,4,11-16H2,1H3,(H,23,29). The van der Waals surface area contributed by atoms with Gasteiger partial charge < -0.3 is 14.6 Å². The molecule has 4 rings (SSSR count). The zero-order chi connectivity index (χ0) is 20.2. The highest BCUT2D eigenvalue weighted by Crippen LogP contribution is 2.20. The predicted octanol–water partition coefficient (Wildman–Crippen LogP) is 3.28. The second-order valence-electron chi connectivity index (χ2n) is 7.31. The Morgan fingerprint density at radius 2 is 1.72 bits per heavy atom. The monoisotopic (exact) mass is 410 g/mol. The Kier molecular flexibility index (Phi) is 5.97. The lowest BCUT2D eigenvalue weighted by atomic mass is 10.2. The molecule has 1 aromatic heterocycles. The molecule has 0 saturated carbocycles. The van der Waals surface area contributed by atoms with Crippen molar-refractivity contribution in [3.8, 4) is 5.75 Å². The molecular weight excluding hydrogens is 384 g/mol. The minimum absolute atomic E-state index is 0.00586. The lowest BCUT2D eigenvalue weighted by molar-refractivity contribution is 0.250. The van der Waals surface area contributed by atoms with E-state index in [4.69, 9.17) is 17.0 Å². The molecule has 2 heterocycles. The highest BCUT2D eigenvalue weighted by molar-refractivity contribution is 7.71. The van der Waals surface area contributed by atoms with Crippen molar-refractivity contribution in [1.82, 2.24) is 14.5 Å². The summed E-state index contributed by atoms with van der Waals surface area (Å²) in [6.45, 7) is 5.64. The summed E-state index contributed by atoms with van der Waals surface area (Å²) in [6.07, 6.45) is 0.901. The topological polar surface area (TPSA) is 53.5 Å². The van der Waals surface area contributed by atoms with Crippen molar-refractivity contribution in [3.63, 3.8) is 0 Å². The van der Waals surface area contributed by atoms with E-state index in [-0.39, 0.29) is 5.56 Å². The summed E-state index contributed by atoms with van der Waals surface area (Å²) < 4.78 is 7.42. The SMILES string of the molecule is COc1ccc(N2CCN(CCCn3c(=S)[nH]c4ccccc4c3=O)CC2)cc1. The molecular formula is C22H26N4O2S. The van der Waals surface area contributed by atoms with Crippen LogP contribution in [0.5, 0.6) is 5.75 Å². The number of nitrogens with one attached hydrogen (secondary N) is 1. The molecule has 6 nitrogen and oxygen atoms in total. The van der Waals surface area contributed by atoms with E-state index in [0.29, 0.717) is 16.7 Å². The summed E-state index contributed by atoms with van der Waals surface area (Å²) in [5.41, 5.74) is 2.03. The first kappa shape index (κ1) is 19.7. The van der Waals surface area contributed by atoms with Crippen LogP contribution in [0, 0.1) is 4.77 Å². The van der Waals surface area contributed by atoms with Gasteiger partial charge in [-0.2, -0.15) is 0 Å². The van der Waals surface area contributed by atoms with Crippen LogP contribution >= 0.6 is 12.2 Å². The molecule has 1 fully saturated rings. The third-order valence-corrected chi connectivity index (χ3v) is 5.88. The van der Waals surface area contributed by atoms with Crippen LogP contribution in [0.2, 0.25) is 0 Å². The molecule has 1 N–H and O–H groups in total. The van der Waals surface area contributed by atoms with Gasteiger partial charge in [-0.05, 0) is 61.6 Å². The number of hydrogen-bond donors (Lipinski definition) is 1. The van der Waals surface area contributed by atoms with Gasteiger partial charge in [-0.1, -0.05) is 12.1 Å². The predicted molar refractivity (Wildman–Crippen MR) is 120 cm³/mol. The van der Waals surface area contributed by atoms with Crippen LogP contribution in [0.25, 0.3) is 10.9 Å². The van der Waals surface area contributed by atoms with E-state index in [1.807, 2.05) is 36.4 Å². The van der Waals surface area contributed by atoms with Crippen LogP contribution in [-0.2, 0) is 6.54 Å². The van der Waals surface area contributed by atoms with Crippen LogP contribution in [0.4, 0.5) is 5.69 Å². The summed E-state index contributed by atoms with van der Waals surface area (Å²) in [7, 11) is 1.69. The number of hydrogen-bond acceptors (Lipinski definition) is 5. The largest absolute Gasteiger partial charge is 0.497 e. The fraction of sp³-hybridized carbons (Fsp3) is 0.364. The highest BCUT2D eigenvalue weighted by atomic mass is 32.1. The highest BCUT2D eigenvalue weighted by Gasteiger charge is 2.17. The van der Waals surface area contributed by atoms with Gasteiger partial charge in [0.15, 0.2) is 4.77 Å². The smallest absolute Gasteiger partial charge is 0.262 e. The molecule has 1 aliphatic heterocycles. The van der Waals surface area contributed by atoms with Gasteiger partial charge in [-0.3, -0.25) is 14.3 Å². The minimum Gasteiger partial charge on any atom is -0.497 e. The molecule has 0 unspecified atom stereocenters. The van der Waals surface area contributed by atoms with Crippen molar-refractivity contribution in [2.75, 3.05) is 44.7 Å². The van der Waals surface area contributed by atoms with E-state index in [1.54, 1.807) is 11.7 Å². The molecule has 2 aromatic carbocycles. The molecule has 0 amide bonds. The van der Waals surface area contributed by atoms with Crippen LogP contribution in [0.3, 0.4) is 0 Å². The second-order valence-corrected chi connectivity index (χ2v) is 7.70. The van der Waals surface area contributed by atoms with Crippen LogP contribution in [0.15, 0.2) is 53.3 Å². The molecule has 152 valence electrons. The van der Waals surface area contributed by atoms with Crippen LogP contribution < -0.4 is 15.2 Å². The molecule has 29 heavy (non-hydrogen) atoms. The maximum Gasteiger partial charge on any atom is 0.262 e. The molecule has 0 atom stereocenters. The molecule has 3 aromatic rings. The first-order valence-corrected chi connectivity index (χ1v) is 10.4. The normalized spacial score (nSPS) is 15.0. The Balaban J connectivity index is 1.31. The first-order chi connectivity index (χ1) is 14.2. The number of anilines is 1. The summed E-state index contributed by atoms with van der Waals surface area (Å²) >= 11 is 5.40. The van der Waals surface area contributed by atoms with Gasteiger partial charge in [0.25, 0.3) is 5.56 Å². The Morgan fingerprint density at radius 1 is 1.00 bits per heavy atom. The van der Waals surface area contributed by atoms with Gasteiger partial charge in [-0.15, -0.1) is 0 Å². The number of piperazine rings is 1. The van der Waals surface area contributed by atoms with Crippen LogP contribution in [-0.4, -0.2) is 54.3 Å². The molecule has 0 spiro atoms. The molecule has 0 radical (unpaired) electrons. The van der Waals surface area contributed by atoms with Crippen molar-refractivity contribution < 1.29 is 4.74 Å². The average Bonchev–Trinajstić information content (AvgIpc) is 2.76. The molecule has 1 aliphatic rings. The molecule has 1 saturated heterocycles. The zero-order valence-corrected chi connectivity index (χ0v) is 17.5. The maximum absolute atomic E-state index is 12.7. The fourth-order valence-electron chi connectivity index (χ4n) is 3.88. The zero-order valence-electron chi connectivity index (χ0n) is 16.6. The van der Waals surface area contributed by atoms with E-state index in [0.717, 1.165) is 50.4 Å². The van der Waals surface area contributed by atoms with Crippen molar-refractivity contribution in [1.29, 1.82) is 0 Å². The van der Waals surface area contributed by atoms with Gasteiger partial charge in [-0.25, -0.2) is 0 Å². The number of rotatable bonds is 6. The average molecular weight is 411 g/mol. The summed E-state index contributed by atoms with van der Waals surface area (Å²) in [5, 5.41) is 0.689. The third kappa shape index (κ3) is 4.36. The Labute approximate surface area is 175 Å². The lowest BCUT2D eigenvalue weighted by Gasteiger charge is -2.36. The van der Waals surface area contributed by atoms with Gasteiger partial charge in [0.05, 0.1) is 18.0 Å². The van der Waals surface area contributed by atoms with E-state index >= 15 is 0 Å².